The zero-order chi connectivity index (χ0) is 67.5. The second-order valence-corrected chi connectivity index (χ2v) is 31.8. The monoisotopic (exact) mass is 1450 g/mol. The second-order valence-electron chi connectivity index (χ2n) is 19.2. The number of imidazole rings is 1. The molecule has 0 aliphatic rings. The maximum absolute atomic E-state index is 12.8. The molecule has 0 amide bonds. The number of aromatic nitrogens is 3. The Kier molecular flexibility index (Phi) is 21.0. The highest BCUT2D eigenvalue weighted by atomic mass is 32.2. The van der Waals surface area contributed by atoms with Gasteiger partial charge < -0.3 is 19.3 Å². The number of hydrogen-bond donors (Lipinski definition) is 8. The van der Waals surface area contributed by atoms with Crippen molar-refractivity contribution in [3.8, 4) is 29.2 Å². The Hall–Kier alpha value is -7.59. The Morgan fingerprint density at radius 1 is 0.565 bits per heavy atom. The van der Waals surface area contributed by atoms with Crippen LogP contribution in [0.2, 0.25) is 0 Å². The first-order chi connectivity index (χ1) is 42.8. The lowest BCUT2D eigenvalue weighted by Crippen LogP contribution is -2.09. The summed E-state index contributed by atoms with van der Waals surface area (Å²) in [6.45, 7) is 0.00305. The van der Waals surface area contributed by atoms with Crippen molar-refractivity contribution < 1.29 is 110 Å². The highest BCUT2D eigenvalue weighted by molar-refractivity contribution is 7.99. The number of benzene rings is 5. The van der Waals surface area contributed by atoms with Gasteiger partial charge in [-0.05, 0) is 74.8 Å². The van der Waals surface area contributed by atoms with Gasteiger partial charge in [-0.3, -0.25) is 36.3 Å². The summed E-state index contributed by atoms with van der Waals surface area (Å²) in [5.41, 5.74) is -1.04. The zero-order valence-electron chi connectivity index (χ0n) is 46.5. The van der Waals surface area contributed by atoms with E-state index in [0.717, 1.165) is 30.0 Å². The van der Waals surface area contributed by atoms with Gasteiger partial charge in [0.1, 0.15) is 66.9 Å². The Balaban J connectivity index is 1.30. The highest BCUT2D eigenvalue weighted by Gasteiger charge is 2.28. The van der Waals surface area contributed by atoms with Crippen LogP contribution in [0.1, 0.15) is 36.8 Å². The fraction of sp³-hybridized carbons (Fsp3) is 0.271. The van der Waals surface area contributed by atoms with E-state index in [4.69, 9.17) is 14.2 Å². The highest BCUT2D eigenvalue weighted by Crippen LogP contribution is 2.47. The van der Waals surface area contributed by atoms with Crippen molar-refractivity contribution in [1.29, 1.82) is 5.26 Å². The van der Waals surface area contributed by atoms with E-state index in [2.05, 4.69) is 40.7 Å². The molecule has 5 aromatic carbocycles. The number of pyridine rings is 1. The molecule has 0 bridgehead atoms. The summed E-state index contributed by atoms with van der Waals surface area (Å²) in [6.07, 6.45) is -1.29. The first kappa shape index (κ1) is 70.3. The quantitative estimate of drug-likeness (QED) is 0.00942. The van der Waals surface area contributed by atoms with Crippen LogP contribution in [0.15, 0.2) is 117 Å². The summed E-state index contributed by atoms with van der Waals surface area (Å²) in [4.78, 5) is 5.21. The van der Waals surface area contributed by atoms with E-state index in [1.165, 1.54) is 17.4 Å². The first-order valence-corrected chi connectivity index (χ1v) is 38.1. The molecule has 92 heavy (non-hydrogen) atoms. The van der Waals surface area contributed by atoms with Gasteiger partial charge >= 0.3 is 0 Å². The Bertz CT molecular complexity index is 5270. The molecule has 492 valence electrons. The molecular weight excluding hydrogens is 1410 g/mol. The number of nitriles is 1. The fourth-order valence-electron chi connectivity index (χ4n) is 8.47. The normalized spacial score (nSPS) is 13.2. The molecule has 0 radical (unpaired) electrons. The molecule has 0 spiro atoms. The number of hydrogen-bond acceptors (Lipinski definition) is 29. The van der Waals surface area contributed by atoms with Crippen molar-refractivity contribution in [1.82, 2.24) is 14.4 Å². The van der Waals surface area contributed by atoms with Crippen LogP contribution in [0, 0.1) is 18.3 Å². The summed E-state index contributed by atoms with van der Waals surface area (Å²) in [7, 11) is -34.2. The van der Waals surface area contributed by atoms with E-state index in [1.807, 2.05) is 6.07 Å². The zero-order valence-corrected chi connectivity index (χ0v) is 53.8. The van der Waals surface area contributed by atoms with Gasteiger partial charge in [-0.25, -0.2) is 9.97 Å². The molecular formula is C48H46N10O25S9. The van der Waals surface area contributed by atoms with Crippen molar-refractivity contribution >= 4 is 165 Å². The predicted molar refractivity (Wildman–Crippen MR) is 327 cm³/mol. The summed E-state index contributed by atoms with van der Waals surface area (Å²) in [5, 5.41) is 45.8. The number of thiazole rings is 1. The lowest BCUT2D eigenvalue weighted by Gasteiger charge is -2.14. The molecule has 0 aliphatic heterocycles. The Morgan fingerprint density at radius 2 is 1.05 bits per heavy atom. The Labute approximate surface area is 529 Å². The molecule has 0 saturated carbocycles. The number of fused-ring (bicyclic) bond motifs is 6. The second kappa shape index (κ2) is 27.5. The third kappa shape index (κ3) is 18.0. The molecule has 0 unspecified atom stereocenters. The SMILES string of the molecule is Cc1c(N=Nc2cc(OCCCS(=O)(=O)O)c(N=Nc3cc(OCCCS(=O)(=O)O)c(N=Nc4nc5c(S(=O)(=O)O)cc6c(S(=O)(=O)O)cc(S(=O)(=O)O)cc6c5s4)cc3SCCCS(=O)(=O)O)cc2OCCCS(=O)(=O)O)c(O)n2c(nc3ccccc32)c1C#N. The minimum atomic E-state index is -5.41. The minimum absolute atomic E-state index is 0.00629. The predicted octanol–water partition coefficient (Wildman–Crippen LogP) is 8.46. The van der Waals surface area contributed by atoms with E-state index in [0.29, 0.717) is 40.6 Å². The van der Waals surface area contributed by atoms with Gasteiger partial charge in [-0.2, -0.15) is 64.2 Å². The van der Waals surface area contributed by atoms with Crippen LogP contribution in [-0.4, -0.2) is 159 Å². The van der Waals surface area contributed by atoms with Crippen LogP contribution in [-0.2, 0) is 70.8 Å². The van der Waals surface area contributed by atoms with Crippen molar-refractivity contribution in [2.45, 2.75) is 52.2 Å². The summed E-state index contributed by atoms with van der Waals surface area (Å²) < 4.78 is 256. The standard InChI is InChI=1S/C48H46N10O25S9/c1-26-30(25-49)46-50-31-8-2-3-9-36(31)58(46)47(59)43(26)56-53-33-22-37(81-10-4-14-86(60,61)62)32(21-38(33)82-11-5-15-87(63,64)65)52-55-35-23-39(83-12-6-16-88(66,67)68)34(24-40(35)84-13-7-17-89(69,70)71)54-57-48-51-44-42(92(78,79)80)20-28-29(45(44)85-48)18-27(90(72,73)74)19-41(28)91(75,76)77/h2-3,8-9,18-24,59H,4-7,10-17H2,1H3,(H,60,61,62)(H,63,64,65)(H,66,67,68)(H,69,70,71)(H,72,73,74)(H,75,76,77)(H,78,79,80). The van der Waals surface area contributed by atoms with E-state index in [9.17, 15) is 101 Å². The molecule has 8 N–H and O–H groups in total. The number of nitrogens with zero attached hydrogens (tertiary/aromatic N) is 10. The van der Waals surface area contributed by atoms with Crippen molar-refractivity contribution in [3.05, 3.63) is 77.9 Å². The smallest absolute Gasteiger partial charge is 0.296 e. The maximum Gasteiger partial charge on any atom is 0.296 e. The number of azo groups is 3. The van der Waals surface area contributed by atoms with E-state index < -0.39 is 160 Å². The molecule has 3 heterocycles. The van der Waals surface area contributed by atoms with Crippen LogP contribution < -0.4 is 14.2 Å². The largest absolute Gasteiger partial charge is 0.493 e. The van der Waals surface area contributed by atoms with Crippen LogP contribution >= 0.6 is 23.1 Å². The van der Waals surface area contributed by atoms with Gasteiger partial charge in [0.2, 0.25) is 11.0 Å². The molecule has 3 aromatic heterocycles. The van der Waals surface area contributed by atoms with Gasteiger partial charge in [-0.1, -0.05) is 23.5 Å². The fourth-order valence-corrected chi connectivity index (χ4v) is 14.6. The summed E-state index contributed by atoms with van der Waals surface area (Å²) in [5.74, 6) is -4.76. The number of aromatic hydroxyl groups is 1. The van der Waals surface area contributed by atoms with Gasteiger partial charge in [0.15, 0.2) is 11.3 Å². The average molecular weight is 1450 g/mol. The van der Waals surface area contributed by atoms with Crippen LogP contribution in [0.3, 0.4) is 0 Å². The molecule has 44 heteroatoms. The lowest BCUT2D eigenvalue weighted by atomic mass is 10.1. The average Bonchev–Trinajstić information content (AvgIpc) is 1.35. The molecule has 8 rings (SSSR count). The first-order valence-electron chi connectivity index (χ1n) is 25.6. The molecule has 35 nitrogen and oxygen atoms in total. The lowest BCUT2D eigenvalue weighted by molar-refractivity contribution is 0.309. The molecule has 8 aromatic rings. The summed E-state index contributed by atoms with van der Waals surface area (Å²) in [6, 6.07) is 14.8. The summed E-state index contributed by atoms with van der Waals surface area (Å²) >= 11 is 1.25. The van der Waals surface area contributed by atoms with Gasteiger partial charge in [-0.15, -0.1) is 42.4 Å². The minimum Gasteiger partial charge on any atom is -0.493 e. The Morgan fingerprint density at radius 3 is 1.58 bits per heavy atom. The topological polar surface area (TPSA) is 557 Å². The van der Waals surface area contributed by atoms with E-state index >= 15 is 0 Å². The third-order valence-electron chi connectivity index (χ3n) is 12.5. The molecule has 0 aliphatic carbocycles. The van der Waals surface area contributed by atoms with E-state index in [1.54, 1.807) is 24.3 Å². The van der Waals surface area contributed by atoms with Gasteiger partial charge in [0, 0.05) is 39.4 Å². The van der Waals surface area contributed by atoms with Gasteiger partial charge in [0.25, 0.3) is 70.8 Å². The van der Waals surface area contributed by atoms with Gasteiger partial charge in [0.05, 0.1) is 63.5 Å². The van der Waals surface area contributed by atoms with Crippen molar-refractivity contribution in [2.75, 3.05) is 48.6 Å². The van der Waals surface area contributed by atoms with Crippen LogP contribution in [0.5, 0.6) is 23.1 Å². The van der Waals surface area contributed by atoms with Crippen molar-refractivity contribution in [3.63, 3.8) is 0 Å². The number of rotatable bonds is 29. The number of para-hydroxylation sites is 2. The number of thioether (sulfide) groups is 1. The molecule has 0 fully saturated rings. The maximum atomic E-state index is 12.8. The van der Waals surface area contributed by atoms with E-state index in [-0.39, 0.29) is 98.8 Å². The number of ether oxygens (including phenoxy) is 3. The third-order valence-corrected chi connectivity index (χ3v) is 20.4. The van der Waals surface area contributed by atoms with Crippen molar-refractivity contribution in [2.24, 2.45) is 30.7 Å². The molecule has 0 atom stereocenters. The molecule has 0 saturated heterocycles. The van der Waals surface area contributed by atoms with Crippen LogP contribution in [0.25, 0.3) is 37.7 Å². The van der Waals surface area contributed by atoms with Crippen LogP contribution in [0.4, 0.5) is 33.6 Å².